The van der Waals surface area contributed by atoms with Gasteiger partial charge in [0.05, 0.1) is 11.8 Å². The number of allylic oxidation sites excluding steroid dienone is 1. The Morgan fingerprint density at radius 1 is 1.22 bits per heavy atom. The van der Waals surface area contributed by atoms with E-state index in [1.54, 1.807) is 6.92 Å². The molecule has 0 aromatic carbocycles. The fourth-order valence-corrected chi connectivity index (χ4v) is 5.10. The third-order valence-electron chi connectivity index (χ3n) is 5.64. The molecule has 1 amide bonds. The molecule has 0 bridgehead atoms. The number of carbonyl (C=O) groups is 1. The highest BCUT2D eigenvalue weighted by Crippen LogP contribution is 2.35. The van der Waals surface area contributed by atoms with Crippen molar-refractivity contribution in [3.63, 3.8) is 0 Å². The lowest BCUT2D eigenvalue weighted by molar-refractivity contribution is 0.0502. The van der Waals surface area contributed by atoms with Crippen LogP contribution in [-0.2, 0) is 4.74 Å². The summed E-state index contributed by atoms with van der Waals surface area (Å²) in [6.45, 7) is 7.13. The largest absolute Gasteiger partial charge is 0.444 e. The number of alkyl halides is 2. The Morgan fingerprint density at radius 2 is 2.03 bits per heavy atom. The highest BCUT2D eigenvalue weighted by atomic mass is 32.1. The van der Waals surface area contributed by atoms with Crippen molar-refractivity contribution in [2.24, 2.45) is 0 Å². The number of carbonyl (C=O) groups excluding carboxylic acids is 1. The van der Waals surface area contributed by atoms with Gasteiger partial charge in [0.15, 0.2) is 5.65 Å². The Hall–Kier alpha value is -3.54. The van der Waals surface area contributed by atoms with E-state index < -0.39 is 18.1 Å². The number of aromatic nitrogens is 6. The second kappa shape index (κ2) is 9.16. The van der Waals surface area contributed by atoms with Crippen LogP contribution in [-0.4, -0.2) is 47.5 Å². The number of rotatable bonds is 4. The number of hydrogen-bond acceptors (Lipinski definition) is 8. The van der Waals surface area contributed by atoms with Crippen LogP contribution in [0.1, 0.15) is 62.7 Å². The lowest BCUT2D eigenvalue weighted by atomic mass is 9.94. The molecule has 4 heterocycles. The van der Waals surface area contributed by atoms with Crippen molar-refractivity contribution in [2.75, 3.05) is 0 Å². The molecule has 0 radical (unpaired) electrons. The van der Waals surface area contributed by atoms with Crippen LogP contribution in [0.3, 0.4) is 0 Å². The molecule has 0 saturated carbocycles. The summed E-state index contributed by atoms with van der Waals surface area (Å²) < 4.78 is 33.8. The molecular weight excluding hydrogens is 488 g/mol. The van der Waals surface area contributed by atoms with Crippen molar-refractivity contribution in [3.05, 3.63) is 40.7 Å². The van der Waals surface area contributed by atoms with Crippen LogP contribution < -0.4 is 5.32 Å². The number of thiophene rings is 1. The van der Waals surface area contributed by atoms with Gasteiger partial charge in [0.2, 0.25) is 0 Å². The highest BCUT2D eigenvalue weighted by molar-refractivity contribution is 7.19. The average Bonchev–Trinajstić information content (AvgIpc) is 3.39. The Bertz CT molecular complexity index is 1490. The Kier molecular flexibility index (Phi) is 6.15. The number of aryl methyl sites for hydroxylation is 1. The number of ether oxygens (including phenoxy) is 1. The van der Waals surface area contributed by atoms with E-state index in [9.17, 15) is 13.6 Å². The van der Waals surface area contributed by atoms with Gasteiger partial charge >= 0.3 is 6.09 Å². The minimum absolute atomic E-state index is 0.0197. The summed E-state index contributed by atoms with van der Waals surface area (Å²) in [5.41, 5.74) is 1.76. The maximum Gasteiger partial charge on any atom is 0.407 e. The van der Waals surface area contributed by atoms with Gasteiger partial charge in [-0.3, -0.25) is 4.98 Å². The maximum absolute atomic E-state index is 13.7. The van der Waals surface area contributed by atoms with Crippen LogP contribution in [0.15, 0.2) is 24.4 Å². The first-order chi connectivity index (χ1) is 17.1. The second-order valence-corrected chi connectivity index (χ2v) is 10.7. The third-order valence-corrected chi connectivity index (χ3v) is 6.73. The first-order valence-corrected chi connectivity index (χ1v) is 12.4. The number of alkyl carbamates (subject to hydrolysis) is 1. The van der Waals surface area contributed by atoms with Crippen molar-refractivity contribution in [2.45, 2.75) is 65.0 Å². The molecule has 1 aliphatic rings. The lowest BCUT2D eigenvalue weighted by Crippen LogP contribution is -2.39. The summed E-state index contributed by atoms with van der Waals surface area (Å²) in [4.78, 5) is 27.0. The number of nitrogens with zero attached hydrogens (tertiary/aromatic N) is 6. The summed E-state index contributed by atoms with van der Waals surface area (Å²) in [6.07, 6.45) is 2.80. The predicted molar refractivity (Wildman–Crippen MR) is 132 cm³/mol. The maximum atomic E-state index is 13.7. The fourth-order valence-electron chi connectivity index (χ4n) is 4.04. The van der Waals surface area contributed by atoms with Crippen molar-refractivity contribution in [3.8, 4) is 11.4 Å². The normalized spacial score (nSPS) is 16.5. The van der Waals surface area contributed by atoms with Gasteiger partial charge in [0, 0.05) is 10.9 Å². The topological polar surface area (TPSA) is 107 Å². The summed E-state index contributed by atoms with van der Waals surface area (Å²) in [5, 5.41) is 11.3. The molecule has 9 nitrogen and oxygen atoms in total. The molecule has 1 aliphatic carbocycles. The molecule has 0 saturated heterocycles. The number of halogens is 2. The minimum Gasteiger partial charge on any atom is -0.444 e. The molecule has 1 unspecified atom stereocenters. The Balaban J connectivity index is 1.37. The van der Waals surface area contributed by atoms with Gasteiger partial charge in [-0.25, -0.2) is 23.5 Å². The predicted octanol–water partition coefficient (Wildman–Crippen LogP) is 5.50. The molecule has 0 aliphatic heterocycles. The molecule has 12 heteroatoms. The minimum atomic E-state index is -2.73. The molecule has 4 aromatic heterocycles. The van der Waals surface area contributed by atoms with Gasteiger partial charge in [-0.15, -0.1) is 26.2 Å². The summed E-state index contributed by atoms with van der Waals surface area (Å²) >= 11 is 1.49. The molecule has 0 fully saturated rings. The van der Waals surface area contributed by atoms with Gasteiger partial charge in [-0.2, -0.15) is 0 Å². The second-order valence-electron chi connectivity index (χ2n) is 9.66. The van der Waals surface area contributed by atoms with Crippen LogP contribution in [0, 0.1) is 6.92 Å². The SMILES string of the molecule is Cc1nc2c(C(F)F)cc(-c3cnc4cc(C5=CCC(NC(=O)OC(C)(C)C)CC5)sc4n3)nn2n1. The van der Waals surface area contributed by atoms with E-state index in [-0.39, 0.29) is 22.9 Å². The van der Waals surface area contributed by atoms with Crippen molar-refractivity contribution in [1.29, 1.82) is 0 Å². The summed E-state index contributed by atoms with van der Waals surface area (Å²) in [6, 6.07) is 3.29. The van der Waals surface area contributed by atoms with Gasteiger partial charge in [-0.1, -0.05) is 6.08 Å². The molecule has 36 heavy (non-hydrogen) atoms. The number of hydrogen-bond donors (Lipinski definition) is 1. The standard InChI is InChI=1S/C24H25F2N7O2S/c1-12-28-21-15(20(25)26)9-16(32-33(21)31-12)18-11-27-17-10-19(36-22(17)30-18)13-5-7-14(8-6-13)29-23(34)35-24(2,3)4/h5,9-11,14,20H,6-8H2,1-4H3,(H,29,34). The van der Waals surface area contributed by atoms with Gasteiger partial charge < -0.3 is 10.1 Å². The third kappa shape index (κ3) is 5.03. The summed E-state index contributed by atoms with van der Waals surface area (Å²) in [5.74, 6) is 0.357. The van der Waals surface area contributed by atoms with E-state index in [0.29, 0.717) is 22.8 Å². The Morgan fingerprint density at radius 3 is 2.72 bits per heavy atom. The molecule has 188 valence electrons. The van der Waals surface area contributed by atoms with E-state index in [4.69, 9.17) is 4.74 Å². The van der Waals surface area contributed by atoms with E-state index in [1.165, 1.54) is 29.2 Å². The van der Waals surface area contributed by atoms with Crippen molar-refractivity contribution >= 4 is 39.0 Å². The first kappa shape index (κ1) is 24.2. The van der Waals surface area contributed by atoms with Crippen LogP contribution in [0.25, 0.3) is 33.0 Å². The van der Waals surface area contributed by atoms with E-state index in [1.807, 2.05) is 26.8 Å². The number of nitrogens with one attached hydrogen (secondary N) is 1. The fraction of sp³-hybridized carbons (Fsp3) is 0.417. The van der Waals surface area contributed by atoms with Crippen molar-refractivity contribution in [1.82, 2.24) is 35.1 Å². The van der Waals surface area contributed by atoms with Crippen LogP contribution >= 0.6 is 11.3 Å². The van der Waals surface area contributed by atoms with Gasteiger partial charge in [0.25, 0.3) is 6.43 Å². The molecule has 0 spiro atoms. The Labute approximate surface area is 209 Å². The van der Waals surface area contributed by atoms with Crippen molar-refractivity contribution < 1.29 is 18.3 Å². The van der Waals surface area contributed by atoms with Gasteiger partial charge in [0.1, 0.15) is 33.2 Å². The van der Waals surface area contributed by atoms with E-state index in [0.717, 1.165) is 27.9 Å². The zero-order chi connectivity index (χ0) is 25.6. The number of amides is 1. The molecule has 5 rings (SSSR count). The van der Waals surface area contributed by atoms with E-state index >= 15 is 0 Å². The molecule has 1 atom stereocenters. The molecule has 1 N–H and O–H groups in total. The summed E-state index contributed by atoms with van der Waals surface area (Å²) in [7, 11) is 0. The highest BCUT2D eigenvalue weighted by Gasteiger charge is 2.23. The quantitative estimate of drug-likeness (QED) is 0.384. The van der Waals surface area contributed by atoms with Crippen LogP contribution in [0.4, 0.5) is 13.6 Å². The first-order valence-electron chi connectivity index (χ1n) is 11.5. The average molecular weight is 514 g/mol. The smallest absolute Gasteiger partial charge is 0.407 e. The van der Waals surface area contributed by atoms with Crippen LogP contribution in [0.5, 0.6) is 0 Å². The molecular formula is C24H25F2N7O2S. The zero-order valence-electron chi connectivity index (χ0n) is 20.2. The van der Waals surface area contributed by atoms with E-state index in [2.05, 4.69) is 36.5 Å². The van der Waals surface area contributed by atoms with Crippen LogP contribution in [0.2, 0.25) is 0 Å². The molecule has 4 aromatic rings. The lowest BCUT2D eigenvalue weighted by Gasteiger charge is -2.25. The zero-order valence-corrected chi connectivity index (χ0v) is 21.1. The van der Waals surface area contributed by atoms with Gasteiger partial charge in [-0.05, 0) is 64.7 Å². The monoisotopic (exact) mass is 513 g/mol. The number of fused-ring (bicyclic) bond motifs is 2.